The molecule has 2 heterocycles. The molecule has 0 radical (unpaired) electrons. The molecular weight excluding hydrogens is 200 g/mol. The molecule has 0 aliphatic heterocycles. The predicted octanol–water partition coefficient (Wildman–Crippen LogP) is 2.25. The van der Waals surface area contributed by atoms with Gasteiger partial charge in [-0.25, -0.2) is 4.98 Å². The van der Waals surface area contributed by atoms with Crippen molar-refractivity contribution < 1.29 is 0 Å². The molecule has 2 aromatic heterocycles. The van der Waals surface area contributed by atoms with Gasteiger partial charge in [0.25, 0.3) is 0 Å². The van der Waals surface area contributed by atoms with Gasteiger partial charge in [0.15, 0.2) is 0 Å². The lowest BCUT2D eigenvalue weighted by atomic mass is 10.3. The number of anilines is 1. The highest BCUT2D eigenvalue weighted by atomic mass is 15.4. The largest absolute Gasteiger partial charge is 0.294 e. The Kier molecular flexibility index (Phi) is 2.61. The molecule has 0 bridgehead atoms. The number of rotatable bonds is 2. The summed E-state index contributed by atoms with van der Waals surface area (Å²) in [5, 5.41) is 8.75. The van der Waals surface area contributed by atoms with Crippen molar-refractivity contribution in [2.45, 2.75) is 13.8 Å². The number of aryl methyl sites for hydroxylation is 2. The molecule has 0 unspecified atom stereocenters. The highest BCUT2D eigenvalue weighted by Gasteiger charge is 2.01. The van der Waals surface area contributed by atoms with Crippen molar-refractivity contribution in [1.82, 2.24) is 9.66 Å². The minimum Gasteiger partial charge on any atom is -0.294 e. The van der Waals surface area contributed by atoms with Crippen LogP contribution < -0.4 is 5.43 Å². The summed E-state index contributed by atoms with van der Waals surface area (Å²) in [7, 11) is 0. The monoisotopic (exact) mass is 212 g/mol. The van der Waals surface area contributed by atoms with Crippen LogP contribution in [0.15, 0.2) is 30.5 Å². The zero-order chi connectivity index (χ0) is 11.5. The number of nitrogens with zero attached hydrogens (tertiary/aromatic N) is 3. The molecule has 80 valence electrons. The minimum atomic E-state index is 0.410. The van der Waals surface area contributed by atoms with E-state index in [9.17, 15) is 0 Å². The van der Waals surface area contributed by atoms with E-state index < -0.39 is 0 Å². The molecule has 0 amide bonds. The molecule has 0 saturated carbocycles. The van der Waals surface area contributed by atoms with Gasteiger partial charge in [-0.3, -0.25) is 10.1 Å². The summed E-state index contributed by atoms with van der Waals surface area (Å²) in [6.07, 6.45) is 1.62. The third kappa shape index (κ3) is 1.89. The molecule has 0 aromatic carbocycles. The third-order valence-electron chi connectivity index (χ3n) is 2.39. The van der Waals surface area contributed by atoms with Gasteiger partial charge in [0.2, 0.25) is 0 Å². The van der Waals surface area contributed by atoms with Crippen LogP contribution in [0.3, 0.4) is 0 Å². The van der Waals surface area contributed by atoms with E-state index in [1.54, 1.807) is 12.3 Å². The van der Waals surface area contributed by atoms with Crippen molar-refractivity contribution >= 4 is 5.69 Å². The summed E-state index contributed by atoms with van der Waals surface area (Å²) in [6, 6.07) is 9.64. The molecule has 2 aromatic rings. The SMILES string of the molecule is Cc1ccc(C)n1Nc1ccnc(C#N)c1. The van der Waals surface area contributed by atoms with E-state index in [0.717, 1.165) is 17.1 Å². The van der Waals surface area contributed by atoms with Gasteiger partial charge in [-0.2, -0.15) is 5.26 Å². The number of pyridine rings is 1. The first-order valence-corrected chi connectivity index (χ1v) is 4.99. The van der Waals surface area contributed by atoms with Crippen LogP contribution in [0.5, 0.6) is 0 Å². The van der Waals surface area contributed by atoms with Gasteiger partial charge in [-0.1, -0.05) is 0 Å². The number of hydrogen-bond donors (Lipinski definition) is 1. The maximum atomic E-state index is 8.75. The lowest BCUT2D eigenvalue weighted by Crippen LogP contribution is -2.12. The van der Waals surface area contributed by atoms with Gasteiger partial charge in [0.05, 0.1) is 5.69 Å². The second-order valence-electron chi connectivity index (χ2n) is 3.60. The summed E-state index contributed by atoms with van der Waals surface area (Å²) in [5.74, 6) is 0. The van der Waals surface area contributed by atoms with Gasteiger partial charge in [-0.15, -0.1) is 0 Å². The molecule has 2 rings (SSSR count). The van der Waals surface area contributed by atoms with Crippen LogP contribution in [0.4, 0.5) is 5.69 Å². The maximum absolute atomic E-state index is 8.75. The van der Waals surface area contributed by atoms with Crippen LogP contribution in [-0.2, 0) is 0 Å². The smallest absolute Gasteiger partial charge is 0.142 e. The molecule has 0 spiro atoms. The Balaban J connectivity index is 2.31. The van der Waals surface area contributed by atoms with E-state index in [4.69, 9.17) is 5.26 Å². The number of hydrogen-bond acceptors (Lipinski definition) is 3. The van der Waals surface area contributed by atoms with E-state index in [-0.39, 0.29) is 0 Å². The van der Waals surface area contributed by atoms with Crippen LogP contribution in [0.25, 0.3) is 0 Å². The molecule has 1 N–H and O–H groups in total. The number of nitriles is 1. The Bertz CT molecular complexity index is 529. The van der Waals surface area contributed by atoms with Gasteiger partial charge in [0.1, 0.15) is 11.8 Å². The van der Waals surface area contributed by atoms with E-state index in [0.29, 0.717) is 5.69 Å². The number of nitrogens with one attached hydrogen (secondary N) is 1. The Morgan fingerprint density at radius 1 is 1.25 bits per heavy atom. The summed E-state index contributed by atoms with van der Waals surface area (Å²) in [4.78, 5) is 3.92. The standard InChI is InChI=1S/C12H12N4/c1-9-3-4-10(2)16(9)15-11-5-6-14-12(7-11)8-13/h3-7H,1-2H3,(H,14,15). The minimum absolute atomic E-state index is 0.410. The normalized spacial score (nSPS) is 9.81. The van der Waals surface area contributed by atoms with Gasteiger partial charge in [0, 0.05) is 17.6 Å². The first-order chi connectivity index (χ1) is 7.70. The molecule has 0 saturated heterocycles. The average molecular weight is 212 g/mol. The van der Waals surface area contributed by atoms with Gasteiger partial charge in [-0.05, 0) is 38.1 Å². The lowest BCUT2D eigenvalue weighted by Gasteiger charge is -2.12. The van der Waals surface area contributed by atoms with Crippen molar-refractivity contribution in [2.75, 3.05) is 5.43 Å². The molecule has 4 heteroatoms. The molecule has 0 aliphatic rings. The summed E-state index contributed by atoms with van der Waals surface area (Å²) < 4.78 is 1.97. The van der Waals surface area contributed by atoms with E-state index >= 15 is 0 Å². The summed E-state index contributed by atoms with van der Waals surface area (Å²) in [5.41, 5.74) is 6.72. The van der Waals surface area contributed by atoms with Gasteiger partial charge >= 0.3 is 0 Å². The van der Waals surface area contributed by atoms with Crippen LogP contribution in [0.2, 0.25) is 0 Å². The quantitative estimate of drug-likeness (QED) is 0.830. The van der Waals surface area contributed by atoms with E-state index in [1.165, 1.54) is 0 Å². The number of aromatic nitrogens is 2. The fourth-order valence-electron chi connectivity index (χ4n) is 1.54. The Morgan fingerprint density at radius 3 is 2.56 bits per heavy atom. The van der Waals surface area contributed by atoms with Crippen molar-refractivity contribution in [3.05, 3.63) is 47.5 Å². The Labute approximate surface area is 94.1 Å². The van der Waals surface area contributed by atoms with Gasteiger partial charge < -0.3 is 0 Å². The second kappa shape index (κ2) is 4.07. The van der Waals surface area contributed by atoms with Crippen molar-refractivity contribution in [3.8, 4) is 6.07 Å². The van der Waals surface area contributed by atoms with Crippen LogP contribution in [0.1, 0.15) is 17.1 Å². The van der Waals surface area contributed by atoms with Crippen LogP contribution >= 0.6 is 0 Å². The summed E-state index contributed by atoms with van der Waals surface area (Å²) >= 11 is 0. The Morgan fingerprint density at radius 2 is 1.94 bits per heavy atom. The topological polar surface area (TPSA) is 53.6 Å². The van der Waals surface area contributed by atoms with Crippen molar-refractivity contribution in [2.24, 2.45) is 0 Å². The summed E-state index contributed by atoms with van der Waals surface area (Å²) in [6.45, 7) is 4.04. The first kappa shape index (κ1) is 10.2. The molecule has 0 atom stereocenters. The molecule has 16 heavy (non-hydrogen) atoms. The van der Waals surface area contributed by atoms with E-state index in [1.807, 2.05) is 42.8 Å². The van der Waals surface area contributed by atoms with Crippen molar-refractivity contribution in [3.63, 3.8) is 0 Å². The fourth-order valence-corrected chi connectivity index (χ4v) is 1.54. The molecular formula is C12H12N4. The highest BCUT2D eigenvalue weighted by molar-refractivity contribution is 5.46. The highest BCUT2D eigenvalue weighted by Crippen LogP contribution is 2.11. The average Bonchev–Trinajstić information content (AvgIpc) is 2.61. The second-order valence-corrected chi connectivity index (χ2v) is 3.60. The molecule has 0 fully saturated rings. The third-order valence-corrected chi connectivity index (χ3v) is 2.39. The molecule has 4 nitrogen and oxygen atoms in total. The van der Waals surface area contributed by atoms with Crippen molar-refractivity contribution in [1.29, 1.82) is 5.26 Å². The predicted molar refractivity (Wildman–Crippen MR) is 61.9 cm³/mol. The fraction of sp³-hybridized carbons (Fsp3) is 0.167. The maximum Gasteiger partial charge on any atom is 0.142 e. The molecule has 0 aliphatic carbocycles. The lowest BCUT2D eigenvalue weighted by molar-refractivity contribution is 0.880. The van der Waals surface area contributed by atoms with E-state index in [2.05, 4.69) is 10.4 Å². The van der Waals surface area contributed by atoms with Crippen LogP contribution in [-0.4, -0.2) is 9.66 Å². The zero-order valence-electron chi connectivity index (χ0n) is 9.23. The first-order valence-electron chi connectivity index (χ1n) is 4.99. The Hall–Kier alpha value is -2.28. The zero-order valence-corrected chi connectivity index (χ0v) is 9.23. The van der Waals surface area contributed by atoms with Crippen LogP contribution in [0, 0.1) is 25.2 Å².